The number of hydrogen-bond acceptors (Lipinski definition) is 2. The van der Waals surface area contributed by atoms with Crippen molar-refractivity contribution in [3.63, 3.8) is 0 Å². The van der Waals surface area contributed by atoms with Crippen LogP contribution >= 0.6 is 23.4 Å². The van der Waals surface area contributed by atoms with Crippen molar-refractivity contribution in [2.75, 3.05) is 5.75 Å². The van der Waals surface area contributed by atoms with E-state index < -0.39 is 6.10 Å². The van der Waals surface area contributed by atoms with Gasteiger partial charge in [0, 0.05) is 16.5 Å². The zero-order chi connectivity index (χ0) is 9.42. The highest BCUT2D eigenvalue weighted by Crippen LogP contribution is 2.36. The van der Waals surface area contributed by atoms with Crippen molar-refractivity contribution in [1.82, 2.24) is 0 Å². The first-order valence-corrected chi connectivity index (χ1v) is 5.45. The number of benzene rings is 1. The van der Waals surface area contributed by atoms with Gasteiger partial charge in [0.15, 0.2) is 0 Å². The quantitative estimate of drug-likeness (QED) is 0.723. The number of halogens is 2. The van der Waals surface area contributed by atoms with E-state index in [0.29, 0.717) is 16.3 Å². The van der Waals surface area contributed by atoms with Gasteiger partial charge in [-0.1, -0.05) is 11.6 Å². The minimum absolute atomic E-state index is 0.380. The zero-order valence-electron chi connectivity index (χ0n) is 6.76. The molecule has 4 heteroatoms. The maximum atomic E-state index is 12.9. The molecular formula is C9H8ClFOS. The Morgan fingerprint density at radius 2 is 2.31 bits per heavy atom. The first kappa shape index (κ1) is 9.31. The first-order valence-electron chi connectivity index (χ1n) is 3.92. The van der Waals surface area contributed by atoms with Crippen LogP contribution in [0.2, 0.25) is 5.02 Å². The van der Waals surface area contributed by atoms with E-state index in [-0.39, 0.29) is 5.82 Å². The van der Waals surface area contributed by atoms with Gasteiger partial charge in [-0.05, 0) is 23.3 Å². The molecule has 1 heterocycles. The lowest BCUT2D eigenvalue weighted by Gasteiger charge is -2.21. The molecule has 0 saturated heterocycles. The second-order valence-electron chi connectivity index (χ2n) is 2.99. The Morgan fingerprint density at radius 3 is 3.08 bits per heavy atom. The lowest BCUT2D eigenvalue weighted by molar-refractivity contribution is 0.201. The minimum atomic E-state index is -0.582. The van der Waals surface area contributed by atoms with Crippen molar-refractivity contribution in [2.45, 2.75) is 11.9 Å². The molecule has 0 unspecified atom stereocenters. The van der Waals surface area contributed by atoms with Crippen LogP contribution in [0.4, 0.5) is 4.39 Å². The topological polar surface area (TPSA) is 20.2 Å². The molecule has 2 rings (SSSR count). The summed E-state index contributed by atoms with van der Waals surface area (Å²) in [6.45, 7) is 0. The highest BCUT2D eigenvalue weighted by Gasteiger charge is 2.21. The summed E-state index contributed by atoms with van der Waals surface area (Å²) in [4.78, 5) is 0. The van der Waals surface area contributed by atoms with Gasteiger partial charge in [-0.15, -0.1) is 0 Å². The molecule has 1 aliphatic rings. The molecule has 1 N–H and O–H groups in total. The third kappa shape index (κ3) is 1.68. The van der Waals surface area contributed by atoms with Gasteiger partial charge in [0.25, 0.3) is 0 Å². The fourth-order valence-corrected chi connectivity index (χ4v) is 2.84. The van der Waals surface area contributed by atoms with E-state index in [2.05, 4.69) is 0 Å². The molecule has 0 aromatic heterocycles. The summed E-state index contributed by atoms with van der Waals surface area (Å²) in [6, 6.07) is 2.66. The zero-order valence-corrected chi connectivity index (χ0v) is 8.33. The fraction of sp³-hybridized carbons (Fsp3) is 0.333. The molecule has 0 bridgehead atoms. The largest absolute Gasteiger partial charge is 0.388 e. The number of rotatable bonds is 0. The van der Waals surface area contributed by atoms with Gasteiger partial charge in [0.2, 0.25) is 0 Å². The van der Waals surface area contributed by atoms with Crippen molar-refractivity contribution in [1.29, 1.82) is 0 Å². The van der Waals surface area contributed by atoms with Crippen LogP contribution in [-0.2, 0) is 5.75 Å². The highest BCUT2D eigenvalue weighted by molar-refractivity contribution is 7.98. The lowest BCUT2D eigenvalue weighted by atomic mass is 10.0. The first-order chi connectivity index (χ1) is 6.18. The summed E-state index contributed by atoms with van der Waals surface area (Å²) in [7, 11) is 0. The smallest absolute Gasteiger partial charge is 0.125 e. The molecule has 0 saturated carbocycles. The molecule has 0 aliphatic carbocycles. The summed E-state index contributed by atoms with van der Waals surface area (Å²) in [5, 5.41) is 9.98. The Labute approximate surface area is 84.9 Å². The average molecular weight is 219 g/mol. The molecule has 0 radical (unpaired) electrons. The van der Waals surface area contributed by atoms with Gasteiger partial charge in [-0.3, -0.25) is 0 Å². The van der Waals surface area contributed by atoms with Crippen LogP contribution in [0.15, 0.2) is 12.1 Å². The molecule has 1 atom stereocenters. The standard InChI is InChI=1S/C9H8ClFOS/c10-8-2-5(11)1-6-7(8)3-13-4-9(6)12/h1-2,9,12H,3-4H2/t9-/m0/s1. The van der Waals surface area contributed by atoms with E-state index >= 15 is 0 Å². The molecule has 0 fully saturated rings. The molecular weight excluding hydrogens is 211 g/mol. The number of thioether (sulfide) groups is 1. The Bertz CT molecular complexity index is 343. The molecule has 1 aromatic carbocycles. The maximum absolute atomic E-state index is 12.9. The Kier molecular flexibility index (Phi) is 2.49. The second kappa shape index (κ2) is 3.48. The van der Waals surface area contributed by atoms with Crippen LogP contribution in [0.3, 0.4) is 0 Å². The molecule has 13 heavy (non-hydrogen) atoms. The maximum Gasteiger partial charge on any atom is 0.125 e. The molecule has 1 aromatic rings. The summed E-state index contributed by atoms with van der Waals surface area (Å²) >= 11 is 7.46. The van der Waals surface area contributed by atoms with E-state index in [0.717, 1.165) is 11.3 Å². The Balaban J connectivity index is 2.56. The van der Waals surface area contributed by atoms with E-state index in [9.17, 15) is 9.50 Å². The van der Waals surface area contributed by atoms with Gasteiger partial charge in [-0.25, -0.2) is 4.39 Å². The Hall–Kier alpha value is -0.250. The summed E-state index contributed by atoms with van der Waals surface area (Å²) in [6.07, 6.45) is -0.582. The van der Waals surface area contributed by atoms with Crippen molar-refractivity contribution >= 4 is 23.4 Å². The summed E-state index contributed by atoms with van der Waals surface area (Å²) in [5.74, 6) is 0.993. The van der Waals surface area contributed by atoms with E-state index in [1.165, 1.54) is 12.1 Å². The van der Waals surface area contributed by atoms with Gasteiger partial charge >= 0.3 is 0 Å². The number of aliphatic hydroxyl groups is 1. The van der Waals surface area contributed by atoms with Crippen LogP contribution in [0.25, 0.3) is 0 Å². The average Bonchev–Trinajstić information content (AvgIpc) is 2.07. The van der Waals surface area contributed by atoms with Gasteiger partial charge in [0.1, 0.15) is 5.82 Å². The molecule has 0 spiro atoms. The van der Waals surface area contributed by atoms with Crippen LogP contribution in [0.5, 0.6) is 0 Å². The van der Waals surface area contributed by atoms with E-state index in [1.807, 2.05) is 0 Å². The molecule has 1 aliphatic heterocycles. The van der Waals surface area contributed by atoms with Crippen molar-refractivity contribution in [3.05, 3.63) is 34.1 Å². The van der Waals surface area contributed by atoms with Crippen molar-refractivity contribution in [2.24, 2.45) is 0 Å². The van der Waals surface area contributed by atoms with Crippen LogP contribution in [0.1, 0.15) is 17.2 Å². The molecule has 1 nitrogen and oxygen atoms in total. The van der Waals surface area contributed by atoms with Crippen LogP contribution in [-0.4, -0.2) is 10.9 Å². The number of hydrogen-bond donors (Lipinski definition) is 1. The van der Waals surface area contributed by atoms with Gasteiger partial charge in [-0.2, -0.15) is 11.8 Å². The highest BCUT2D eigenvalue weighted by atomic mass is 35.5. The fourth-order valence-electron chi connectivity index (χ4n) is 1.44. The Morgan fingerprint density at radius 1 is 1.54 bits per heavy atom. The monoisotopic (exact) mass is 218 g/mol. The third-order valence-electron chi connectivity index (χ3n) is 2.08. The summed E-state index contributed by atoms with van der Waals surface area (Å²) < 4.78 is 12.9. The van der Waals surface area contributed by atoms with Crippen LogP contribution in [0, 0.1) is 5.82 Å². The van der Waals surface area contributed by atoms with E-state index in [1.54, 1.807) is 11.8 Å². The SMILES string of the molecule is O[C@H]1CSCc2c(Cl)cc(F)cc21. The van der Waals surface area contributed by atoms with Crippen LogP contribution < -0.4 is 0 Å². The normalized spacial score (nSPS) is 21.3. The third-order valence-corrected chi connectivity index (χ3v) is 3.46. The van der Waals surface area contributed by atoms with Gasteiger partial charge < -0.3 is 5.11 Å². The predicted octanol–water partition coefficient (Wildman–Crippen LogP) is 2.76. The minimum Gasteiger partial charge on any atom is -0.388 e. The summed E-state index contributed by atoms with van der Waals surface area (Å²) in [5.41, 5.74) is 1.51. The molecule has 0 amide bonds. The van der Waals surface area contributed by atoms with Crippen molar-refractivity contribution < 1.29 is 9.50 Å². The number of fused-ring (bicyclic) bond motifs is 1. The second-order valence-corrected chi connectivity index (χ2v) is 4.42. The molecule has 70 valence electrons. The van der Waals surface area contributed by atoms with E-state index in [4.69, 9.17) is 11.6 Å². The lowest BCUT2D eigenvalue weighted by Crippen LogP contribution is -2.10. The predicted molar refractivity (Wildman–Crippen MR) is 52.5 cm³/mol. The van der Waals surface area contributed by atoms with Crippen molar-refractivity contribution in [3.8, 4) is 0 Å². The van der Waals surface area contributed by atoms with Gasteiger partial charge in [0.05, 0.1) is 6.10 Å². The number of aliphatic hydroxyl groups excluding tert-OH is 1.